The molecule has 1 saturated carbocycles. The molecular weight excluding hydrogens is 240 g/mol. The highest BCUT2D eigenvalue weighted by molar-refractivity contribution is 5.76. The van der Waals surface area contributed by atoms with Crippen LogP contribution in [0.25, 0.3) is 0 Å². The molecule has 1 saturated heterocycles. The van der Waals surface area contributed by atoms with Crippen LogP contribution in [0.1, 0.15) is 51.4 Å². The van der Waals surface area contributed by atoms with Gasteiger partial charge in [-0.1, -0.05) is 19.3 Å². The van der Waals surface area contributed by atoms with Gasteiger partial charge < -0.3 is 15.4 Å². The van der Waals surface area contributed by atoms with Crippen LogP contribution in [-0.4, -0.2) is 43.7 Å². The maximum absolute atomic E-state index is 12.4. The highest BCUT2D eigenvalue weighted by atomic mass is 16.5. The van der Waals surface area contributed by atoms with Crippen LogP contribution in [0.15, 0.2) is 0 Å². The van der Waals surface area contributed by atoms with Crippen molar-refractivity contribution in [2.75, 3.05) is 26.7 Å². The van der Waals surface area contributed by atoms with E-state index in [0.717, 1.165) is 38.8 Å². The summed E-state index contributed by atoms with van der Waals surface area (Å²) in [6, 6.07) is 0. The van der Waals surface area contributed by atoms with E-state index in [2.05, 4.69) is 0 Å². The van der Waals surface area contributed by atoms with E-state index in [1.54, 1.807) is 0 Å². The molecular formula is C15H28N2O2. The third-order valence-corrected chi connectivity index (χ3v) is 4.80. The third kappa shape index (κ3) is 3.93. The van der Waals surface area contributed by atoms with E-state index in [-0.39, 0.29) is 17.4 Å². The molecule has 2 fully saturated rings. The Kier molecular flexibility index (Phi) is 5.22. The fraction of sp³-hybridized carbons (Fsp3) is 0.933. The van der Waals surface area contributed by atoms with E-state index in [1.807, 2.05) is 11.9 Å². The summed E-state index contributed by atoms with van der Waals surface area (Å²) in [6.07, 6.45) is 9.04. The average molecular weight is 268 g/mol. The van der Waals surface area contributed by atoms with Crippen LogP contribution in [0.4, 0.5) is 0 Å². The van der Waals surface area contributed by atoms with Crippen LogP contribution in [-0.2, 0) is 9.53 Å². The molecule has 1 atom stereocenters. The molecule has 0 aromatic carbocycles. The zero-order valence-corrected chi connectivity index (χ0v) is 12.2. The standard InChI is InChI=1S/C15H28N2O2/c1-17(11-13-6-5-9-19-13)14(18)10-15(12-16)7-3-2-4-8-15/h13H,2-12,16H2,1H3. The zero-order valence-electron chi connectivity index (χ0n) is 12.2. The lowest BCUT2D eigenvalue weighted by atomic mass is 9.71. The first-order valence-corrected chi connectivity index (χ1v) is 7.71. The summed E-state index contributed by atoms with van der Waals surface area (Å²) in [5.41, 5.74) is 6.02. The summed E-state index contributed by atoms with van der Waals surface area (Å²) < 4.78 is 5.60. The molecule has 1 aliphatic heterocycles. The van der Waals surface area contributed by atoms with E-state index >= 15 is 0 Å². The molecule has 1 amide bonds. The zero-order chi connectivity index (χ0) is 13.7. The van der Waals surface area contributed by atoms with Crippen LogP contribution >= 0.6 is 0 Å². The van der Waals surface area contributed by atoms with Gasteiger partial charge in [0.2, 0.25) is 5.91 Å². The Hall–Kier alpha value is -0.610. The Labute approximate surface area is 116 Å². The minimum absolute atomic E-state index is 0.0696. The van der Waals surface area contributed by atoms with E-state index in [1.165, 1.54) is 19.3 Å². The van der Waals surface area contributed by atoms with Crippen molar-refractivity contribution in [2.24, 2.45) is 11.1 Å². The molecule has 0 spiro atoms. The molecule has 0 aromatic rings. The number of nitrogens with two attached hydrogens (primary N) is 1. The number of ether oxygens (including phenoxy) is 1. The van der Waals surface area contributed by atoms with Crippen molar-refractivity contribution < 1.29 is 9.53 Å². The predicted octanol–water partition coefficient (Wildman–Crippen LogP) is 1.92. The van der Waals surface area contributed by atoms with Gasteiger partial charge in [-0.2, -0.15) is 0 Å². The summed E-state index contributed by atoms with van der Waals surface area (Å²) >= 11 is 0. The van der Waals surface area contributed by atoms with Gasteiger partial charge >= 0.3 is 0 Å². The van der Waals surface area contributed by atoms with Crippen LogP contribution in [0.3, 0.4) is 0 Å². The number of hydrogen-bond acceptors (Lipinski definition) is 3. The first-order valence-electron chi connectivity index (χ1n) is 7.71. The van der Waals surface area contributed by atoms with Crippen molar-refractivity contribution in [3.05, 3.63) is 0 Å². The number of hydrogen-bond donors (Lipinski definition) is 1. The van der Waals surface area contributed by atoms with Crippen molar-refractivity contribution in [1.29, 1.82) is 0 Å². The minimum Gasteiger partial charge on any atom is -0.376 e. The van der Waals surface area contributed by atoms with Crippen molar-refractivity contribution in [3.63, 3.8) is 0 Å². The average Bonchev–Trinajstić information content (AvgIpc) is 2.92. The molecule has 4 nitrogen and oxygen atoms in total. The molecule has 2 aliphatic rings. The van der Waals surface area contributed by atoms with Gasteiger partial charge in [-0.25, -0.2) is 0 Å². The lowest BCUT2D eigenvalue weighted by Gasteiger charge is -2.37. The maximum Gasteiger partial charge on any atom is 0.223 e. The number of carbonyl (C=O) groups is 1. The summed E-state index contributed by atoms with van der Waals surface area (Å²) in [7, 11) is 1.90. The third-order valence-electron chi connectivity index (χ3n) is 4.80. The van der Waals surface area contributed by atoms with E-state index in [4.69, 9.17) is 10.5 Å². The monoisotopic (exact) mass is 268 g/mol. The van der Waals surface area contributed by atoms with E-state index < -0.39 is 0 Å². The molecule has 1 aliphatic carbocycles. The van der Waals surface area contributed by atoms with Crippen LogP contribution in [0, 0.1) is 5.41 Å². The van der Waals surface area contributed by atoms with Crippen molar-refractivity contribution in [3.8, 4) is 0 Å². The molecule has 1 unspecified atom stereocenters. The van der Waals surface area contributed by atoms with E-state index in [0.29, 0.717) is 13.0 Å². The van der Waals surface area contributed by atoms with Gasteiger partial charge in [0.25, 0.3) is 0 Å². The fourth-order valence-electron chi connectivity index (χ4n) is 3.41. The Morgan fingerprint density at radius 1 is 1.32 bits per heavy atom. The van der Waals surface area contributed by atoms with Crippen LogP contribution in [0.5, 0.6) is 0 Å². The summed E-state index contributed by atoms with van der Waals surface area (Å²) in [6.45, 7) is 2.23. The van der Waals surface area contributed by atoms with Crippen molar-refractivity contribution in [2.45, 2.75) is 57.5 Å². The number of amides is 1. The van der Waals surface area contributed by atoms with Gasteiger partial charge in [-0.3, -0.25) is 4.79 Å². The van der Waals surface area contributed by atoms with Gasteiger partial charge in [-0.05, 0) is 37.6 Å². The first-order chi connectivity index (χ1) is 9.15. The molecule has 110 valence electrons. The van der Waals surface area contributed by atoms with E-state index in [9.17, 15) is 4.79 Å². The Balaban J connectivity index is 1.83. The quantitative estimate of drug-likeness (QED) is 0.829. The highest BCUT2D eigenvalue weighted by Gasteiger charge is 2.34. The lowest BCUT2D eigenvalue weighted by Crippen LogP contribution is -2.41. The van der Waals surface area contributed by atoms with Crippen molar-refractivity contribution in [1.82, 2.24) is 4.90 Å². The van der Waals surface area contributed by atoms with Gasteiger partial charge in [0, 0.05) is 26.6 Å². The lowest BCUT2D eigenvalue weighted by molar-refractivity contribution is -0.134. The smallest absolute Gasteiger partial charge is 0.223 e. The molecule has 2 N–H and O–H groups in total. The maximum atomic E-state index is 12.4. The highest BCUT2D eigenvalue weighted by Crippen LogP contribution is 2.38. The van der Waals surface area contributed by atoms with Crippen LogP contribution in [0.2, 0.25) is 0 Å². The Morgan fingerprint density at radius 2 is 2.05 bits per heavy atom. The predicted molar refractivity (Wildman–Crippen MR) is 75.8 cm³/mol. The SMILES string of the molecule is CN(CC1CCCO1)C(=O)CC1(CN)CCCCC1. The molecule has 4 heteroatoms. The normalized spacial score (nSPS) is 26.3. The summed E-state index contributed by atoms with van der Waals surface area (Å²) in [4.78, 5) is 14.2. The fourth-order valence-corrected chi connectivity index (χ4v) is 3.41. The molecule has 2 rings (SSSR count). The Bertz CT molecular complexity index is 295. The number of carbonyl (C=O) groups excluding carboxylic acids is 1. The second-order valence-electron chi connectivity index (χ2n) is 6.35. The van der Waals surface area contributed by atoms with Gasteiger partial charge in [0.15, 0.2) is 0 Å². The van der Waals surface area contributed by atoms with Crippen molar-refractivity contribution >= 4 is 5.91 Å². The molecule has 0 bridgehead atoms. The largest absolute Gasteiger partial charge is 0.376 e. The minimum atomic E-state index is 0.0696. The molecule has 0 radical (unpaired) electrons. The molecule has 0 aromatic heterocycles. The topological polar surface area (TPSA) is 55.6 Å². The van der Waals surface area contributed by atoms with Gasteiger partial charge in [0.05, 0.1) is 6.10 Å². The van der Waals surface area contributed by atoms with Gasteiger partial charge in [-0.15, -0.1) is 0 Å². The molecule has 1 heterocycles. The number of rotatable bonds is 5. The number of nitrogens with zero attached hydrogens (tertiary/aromatic N) is 1. The molecule has 19 heavy (non-hydrogen) atoms. The second kappa shape index (κ2) is 6.71. The summed E-state index contributed by atoms with van der Waals surface area (Å²) in [5, 5.41) is 0. The first kappa shape index (κ1) is 14.8. The van der Waals surface area contributed by atoms with Crippen LogP contribution < -0.4 is 5.73 Å². The number of likely N-dealkylation sites (N-methyl/N-ethyl adjacent to an activating group) is 1. The van der Waals surface area contributed by atoms with Gasteiger partial charge in [0.1, 0.15) is 0 Å². The second-order valence-corrected chi connectivity index (χ2v) is 6.35. The summed E-state index contributed by atoms with van der Waals surface area (Å²) in [5.74, 6) is 0.239. The Morgan fingerprint density at radius 3 is 2.63 bits per heavy atom.